The van der Waals surface area contributed by atoms with Gasteiger partial charge in [0.05, 0.1) is 0 Å². The fraction of sp³-hybridized carbons (Fsp3) is 0. The molecule has 0 spiro atoms. The molecular formula is C11H8N4O2S2. The van der Waals surface area contributed by atoms with E-state index in [1.807, 2.05) is 0 Å². The summed E-state index contributed by atoms with van der Waals surface area (Å²) in [5.41, 5.74) is 0.561. The summed E-state index contributed by atoms with van der Waals surface area (Å²) in [7, 11) is -3.59. The molecule has 0 atom stereocenters. The minimum absolute atomic E-state index is 0.215. The Morgan fingerprint density at radius 1 is 1.05 bits per heavy atom. The summed E-state index contributed by atoms with van der Waals surface area (Å²) in [4.78, 5) is 8.25. The van der Waals surface area contributed by atoms with Crippen molar-refractivity contribution in [1.82, 2.24) is 14.7 Å². The Morgan fingerprint density at radius 2 is 1.79 bits per heavy atom. The minimum atomic E-state index is -3.59. The first-order chi connectivity index (χ1) is 9.17. The van der Waals surface area contributed by atoms with Gasteiger partial charge in [-0.05, 0) is 18.2 Å². The third-order valence-electron chi connectivity index (χ3n) is 2.41. The van der Waals surface area contributed by atoms with Gasteiger partial charge in [0.25, 0.3) is 10.0 Å². The van der Waals surface area contributed by atoms with E-state index >= 15 is 0 Å². The molecule has 8 heteroatoms. The second-order valence-corrected chi connectivity index (χ2v) is 5.99. The Kier molecular flexibility index (Phi) is 2.96. The van der Waals surface area contributed by atoms with Crippen LogP contribution in [0.3, 0.4) is 0 Å². The molecule has 1 aromatic heterocycles. The maximum Gasteiger partial charge on any atom is 0.285 e. The number of fused-ring (bicyclic) bond motifs is 1. The fourth-order valence-corrected chi connectivity index (χ4v) is 3.42. The maximum absolute atomic E-state index is 11.8. The van der Waals surface area contributed by atoms with Crippen molar-refractivity contribution < 1.29 is 8.42 Å². The molecule has 19 heavy (non-hydrogen) atoms. The lowest BCUT2D eigenvalue weighted by atomic mass is 10.2. The number of amidine groups is 1. The highest BCUT2D eigenvalue weighted by molar-refractivity contribution is 7.98. The number of sulfonamides is 1. The van der Waals surface area contributed by atoms with Crippen LogP contribution in [-0.4, -0.2) is 24.2 Å². The first-order valence-corrected chi connectivity index (χ1v) is 7.57. The molecule has 2 aromatic rings. The molecular weight excluding hydrogens is 284 g/mol. The van der Waals surface area contributed by atoms with Crippen LogP contribution in [0.2, 0.25) is 0 Å². The molecule has 0 unspecified atom stereocenters. The van der Waals surface area contributed by atoms with Gasteiger partial charge in [0.2, 0.25) is 5.16 Å². The molecule has 1 N–H and O–H groups in total. The molecule has 0 radical (unpaired) electrons. The van der Waals surface area contributed by atoms with Crippen molar-refractivity contribution in [1.29, 1.82) is 0 Å². The lowest BCUT2D eigenvalue weighted by Gasteiger charge is -2.03. The van der Waals surface area contributed by atoms with Crippen molar-refractivity contribution in [3.63, 3.8) is 0 Å². The summed E-state index contributed by atoms with van der Waals surface area (Å²) in [6.45, 7) is 0. The number of hydrogen-bond acceptors (Lipinski definition) is 6. The number of hydrogen-bond donors (Lipinski definition) is 1. The number of nitrogens with one attached hydrogen (secondary N) is 1. The van der Waals surface area contributed by atoms with Crippen molar-refractivity contribution in [3.05, 3.63) is 48.3 Å². The molecule has 0 saturated heterocycles. The lowest BCUT2D eigenvalue weighted by molar-refractivity contribution is 0.599. The van der Waals surface area contributed by atoms with Crippen LogP contribution in [0.5, 0.6) is 0 Å². The summed E-state index contributed by atoms with van der Waals surface area (Å²) in [5, 5.41) is 0.493. The van der Waals surface area contributed by atoms with E-state index in [0.717, 1.165) is 11.9 Å². The number of aromatic nitrogens is 2. The zero-order valence-electron chi connectivity index (χ0n) is 9.52. The van der Waals surface area contributed by atoms with E-state index in [2.05, 4.69) is 19.1 Å². The van der Waals surface area contributed by atoms with Gasteiger partial charge in [-0.25, -0.2) is 9.97 Å². The van der Waals surface area contributed by atoms with Gasteiger partial charge in [-0.1, -0.05) is 12.1 Å². The Bertz CT molecular complexity index is 744. The molecule has 0 saturated carbocycles. The zero-order chi connectivity index (χ0) is 13.3. The van der Waals surface area contributed by atoms with Gasteiger partial charge < -0.3 is 4.72 Å². The van der Waals surface area contributed by atoms with Crippen molar-refractivity contribution in [2.45, 2.75) is 10.1 Å². The van der Waals surface area contributed by atoms with E-state index in [4.69, 9.17) is 0 Å². The van der Waals surface area contributed by atoms with Gasteiger partial charge >= 0.3 is 0 Å². The van der Waals surface area contributed by atoms with Crippen molar-refractivity contribution in [2.24, 2.45) is 4.40 Å². The normalized spacial score (nSPS) is 15.7. The van der Waals surface area contributed by atoms with Crippen molar-refractivity contribution >= 4 is 27.8 Å². The lowest BCUT2D eigenvalue weighted by Crippen LogP contribution is -2.15. The summed E-state index contributed by atoms with van der Waals surface area (Å²) < 4.78 is 30.2. The molecule has 0 aliphatic carbocycles. The Labute approximate surface area is 114 Å². The first-order valence-electron chi connectivity index (χ1n) is 5.31. The molecule has 2 heterocycles. The molecule has 96 valence electrons. The second kappa shape index (κ2) is 4.63. The van der Waals surface area contributed by atoms with Gasteiger partial charge in [0.1, 0.15) is 4.90 Å². The molecule has 3 rings (SSSR count). The van der Waals surface area contributed by atoms with Crippen LogP contribution in [0.15, 0.2) is 57.2 Å². The second-order valence-electron chi connectivity index (χ2n) is 3.65. The summed E-state index contributed by atoms with van der Waals surface area (Å²) in [5.74, 6) is 0.299. The zero-order valence-corrected chi connectivity index (χ0v) is 11.1. The van der Waals surface area contributed by atoms with Gasteiger partial charge in [0, 0.05) is 29.9 Å². The monoisotopic (exact) mass is 292 g/mol. The third kappa shape index (κ3) is 2.32. The highest BCUT2D eigenvalue weighted by Crippen LogP contribution is 2.26. The van der Waals surface area contributed by atoms with E-state index in [0.29, 0.717) is 16.6 Å². The van der Waals surface area contributed by atoms with Crippen molar-refractivity contribution in [3.8, 4) is 0 Å². The minimum Gasteiger partial charge on any atom is -0.306 e. The average Bonchev–Trinajstić information content (AvgIpc) is 2.70. The van der Waals surface area contributed by atoms with E-state index in [9.17, 15) is 8.42 Å². The molecule has 1 aliphatic rings. The van der Waals surface area contributed by atoms with Gasteiger partial charge in [0.15, 0.2) is 5.84 Å². The number of benzene rings is 1. The van der Waals surface area contributed by atoms with E-state index in [1.54, 1.807) is 36.7 Å². The van der Waals surface area contributed by atoms with Crippen LogP contribution in [0.25, 0.3) is 0 Å². The van der Waals surface area contributed by atoms with Crippen LogP contribution in [0.1, 0.15) is 5.56 Å². The Balaban J connectivity index is 1.87. The van der Waals surface area contributed by atoms with Crippen LogP contribution in [0, 0.1) is 0 Å². The third-order valence-corrected chi connectivity index (χ3v) is 4.44. The van der Waals surface area contributed by atoms with Crippen LogP contribution in [-0.2, 0) is 10.0 Å². The molecule has 1 aliphatic heterocycles. The Morgan fingerprint density at radius 3 is 2.58 bits per heavy atom. The highest BCUT2D eigenvalue weighted by Gasteiger charge is 2.28. The smallest absolute Gasteiger partial charge is 0.285 e. The largest absolute Gasteiger partial charge is 0.306 e. The molecule has 1 aromatic carbocycles. The number of rotatable bonds is 2. The summed E-state index contributed by atoms with van der Waals surface area (Å²) in [6, 6.07) is 8.38. The van der Waals surface area contributed by atoms with Gasteiger partial charge in [-0.2, -0.15) is 8.42 Å². The topological polar surface area (TPSA) is 84.3 Å². The fourth-order valence-electron chi connectivity index (χ4n) is 1.61. The SMILES string of the molecule is O=S1(=O)N=C(NSc2ncccn2)c2ccccc21. The van der Waals surface area contributed by atoms with E-state index < -0.39 is 10.0 Å². The Hall–Kier alpha value is -1.93. The van der Waals surface area contributed by atoms with Crippen LogP contribution in [0.4, 0.5) is 0 Å². The standard InChI is InChI=1S/C11H8N4O2S2/c16-19(17)9-5-2-1-4-8(9)10(15-19)14-18-11-12-6-3-7-13-11/h1-7H,(H,14,15). The molecule has 0 amide bonds. The first kappa shape index (κ1) is 12.1. The maximum atomic E-state index is 11.8. The van der Waals surface area contributed by atoms with Crippen LogP contribution < -0.4 is 4.72 Å². The summed E-state index contributed by atoms with van der Waals surface area (Å²) >= 11 is 1.11. The quantitative estimate of drug-likeness (QED) is 0.662. The molecule has 0 fully saturated rings. The molecule has 0 bridgehead atoms. The van der Waals surface area contributed by atoms with Crippen LogP contribution >= 0.6 is 11.9 Å². The van der Waals surface area contributed by atoms with Gasteiger partial charge in [-0.3, -0.25) is 0 Å². The average molecular weight is 292 g/mol. The molecule has 6 nitrogen and oxygen atoms in total. The number of nitrogens with zero attached hydrogens (tertiary/aromatic N) is 3. The predicted molar refractivity (Wildman–Crippen MR) is 71.2 cm³/mol. The van der Waals surface area contributed by atoms with Gasteiger partial charge in [-0.15, -0.1) is 4.40 Å². The van der Waals surface area contributed by atoms with Crippen molar-refractivity contribution in [2.75, 3.05) is 0 Å². The summed E-state index contributed by atoms with van der Waals surface area (Å²) in [6.07, 6.45) is 3.22. The highest BCUT2D eigenvalue weighted by atomic mass is 32.2. The predicted octanol–water partition coefficient (Wildman–Crippen LogP) is 1.22. The van der Waals surface area contributed by atoms with E-state index in [-0.39, 0.29) is 4.90 Å². The van der Waals surface area contributed by atoms with E-state index in [1.165, 1.54) is 6.07 Å².